The predicted octanol–water partition coefficient (Wildman–Crippen LogP) is 4.29. The van der Waals surface area contributed by atoms with E-state index < -0.39 is 7.37 Å². The van der Waals surface area contributed by atoms with Crippen LogP contribution in [0.2, 0.25) is 0 Å². The van der Waals surface area contributed by atoms with Gasteiger partial charge in [-0.15, -0.1) is 0 Å². The number of rotatable bonds is 5. The van der Waals surface area contributed by atoms with Gasteiger partial charge in [-0.2, -0.15) is 0 Å². The van der Waals surface area contributed by atoms with Crippen molar-refractivity contribution in [3.05, 3.63) is 90.0 Å². The van der Waals surface area contributed by atoms with Crippen LogP contribution in [0.25, 0.3) is 0 Å². The molecule has 1 aliphatic carbocycles. The van der Waals surface area contributed by atoms with Crippen LogP contribution in [0.1, 0.15) is 17.5 Å². The fraction of sp³-hybridized carbons (Fsp3) is 0.136. The molecule has 0 heterocycles. The van der Waals surface area contributed by atoms with Crippen molar-refractivity contribution in [1.82, 2.24) is 0 Å². The standard InChI is InChI=1S/C22H20NO3P/c1-25-22-14-8-13-19-20(22)15-16-21(19)23-26-27(24,17-9-4-2-5-10-17)18-11-6-3-7-12-18/h2-14H,15-16H2,1H3/b23-21+. The lowest BCUT2D eigenvalue weighted by Crippen LogP contribution is -2.17. The molecular formula is C22H20NO3P. The van der Waals surface area contributed by atoms with Crippen molar-refractivity contribution in [3.63, 3.8) is 0 Å². The molecule has 0 atom stereocenters. The Hall–Kier alpha value is -2.84. The average Bonchev–Trinajstić information content (AvgIpc) is 3.16. The first-order valence-electron chi connectivity index (χ1n) is 8.85. The molecular weight excluding hydrogens is 357 g/mol. The molecule has 0 amide bonds. The molecule has 0 spiro atoms. The predicted molar refractivity (Wildman–Crippen MR) is 109 cm³/mol. The highest BCUT2D eigenvalue weighted by Crippen LogP contribution is 2.45. The number of ether oxygens (including phenoxy) is 1. The topological polar surface area (TPSA) is 47.9 Å². The molecule has 4 rings (SSSR count). The summed E-state index contributed by atoms with van der Waals surface area (Å²) < 4.78 is 25.1. The second kappa shape index (κ2) is 7.42. The SMILES string of the molecule is COc1cccc2c1CC/C2=N\OP(=O)(c1ccccc1)c1ccccc1. The molecule has 5 heteroatoms. The Balaban J connectivity index is 1.73. The van der Waals surface area contributed by atoms with Crippen LogP contribution in [0.4, 0.5) is 0 Å². The summed E-state index contributed by atoms with van der Waals surface area (Å²) >= 11 is 0. The Morgan fingerprint density at radius 3 is 2.04 bits per heavy atom. The van der Waals surface area contributed by atoms with Crippen molar-refractivity contribution in [3.8, 4) is 5.75 Å². The number of nitrogens with zero attached hydrogens (tertiary/aromatic N) is 1. The molecule has 3 aromatic carbocycles. The number of hydrogen-bond donors (Lipinski definition) is 0. The summed E-state index contributed by atoms with van der Waals surface area (Å²) in [6.07, 6.45) is 1.57. The van der Waals surface area contributed by atoms with E-state index in [1.807, 2.05) is 78.9 Å². The van der Waals surface area contributed by atoms with E-state index in [0.29, 0.717) is 10.6 Å². The molecule has 4 nitrogen and oxygen atoms in total. The Kier molecular flexibility index (Phi) is 4.83. The lowest BCUT2D eigenvalue weighted by Gasteiger charge is -2.17. The maximum atomic E-state index is 13.9. The van der Waals surface area contributed by atoms with Gasteiger partial charge in [0.15, 0.2) is 0 Å². The summed E-state index contributed by atoms with van der Waals surface area (Å²) in [5.41, 5.74) is 2.93. The maximum Gasteiger partial charge on any atom is 0.330 e. The van der Waals surface area contributed by atoms with Crippen LogP contribution in [0, 0.1) is 0 Å². The van der Waals surface area contributed by atoms with Gasteiger partial charge in [-0.1, -0.05) is 53.7 Å². The first kappa shape index (κ1) is 17.6. The minimum Gasteiger partial charge on any atom is -0.496 e. The van der Waals surface area contributed by atoms with Gasteiger partial charge in [0.2, 0.25) is 0 Å². The van der Waals surface area contributed by atoms with Gasteiger partial charge < -0.3 is 9.36 Å². The summed E-state index contributed by atoms with van der Waals surface area (Å²) in [4.78, 5) is 0. The third-order valence-electron chi connectivity index (χ3n) is 4.73. The van der Waals surface area contributed by atoms with Gasteiger partial charge in [-0.3, -0.25) is 4.57 Å². The number of fused-ring (bicyclic) bond motifs is 1. The first-order valence-corrected chi connectivity index (χ1v) is 10.5. The normalized spacial score (nSPS) is 14.8. The number of oxime groups is 1. The molecule has 0 bridgehead atoms. The highest BCUT2D eigenvalue weighted by molar-refractivity contribution is 7.74. The van der Waals surface area contributed by atoms with Crippen molar-refractivity contribution < 1.29 is 13.9 Å². The zero-order valence-electron chi connectivity index (χ0n) is 15.0. The van der Waals surface area contributed by atoms with E-state index in [2.05, 4.69) is 5.16 Å². The third kappa shape index (κ3) is 3.29. The monoisotopic (exact) mass is 377 g/mol. The van der Waals surface area contributed by atoms with E-state index in [1.54, 1.807) is 7.11 Å². The molecule has 0 saturated heterocycles. The van der Waals surface area contributed by atoms with Crippen LogP contribution < -0.4 is 15.3 Å². The smallest absolute Gasteiger partial charge is 0.330 e. The van der Waals surface area contributed by atoms with Crippen molar-refractivity contribution in [2.75, 3.05) is 7.11 Å². The zero-order valence-corrected chi connectivity index (χ0v) is 15.9. The van der Waals surface area contributed by atoms with E-state index in [4.69, 9.17) is 9.36 Å². The molecule has 136 valence electrons. The molecule has 3 aromatic rings. The molecule has 0 radical (unpaired) electrons. The minimum atomic E-state index is -3.33. The number of methoxy groups -OCH3 is 1. The Labute approximate surface area is 158 Å². The van der Waals surface area contributed by atoms with Gasteiger partial charge in [-0.25, -0.2) is 0 Å². The molecule has 0 fully saturated rings. The summed E-state index contributed by atoms with van der Waals surface area (Å²) in [7, 11) is -1.66. The summed E-state index contributed by atoms with van der Waals surface area (Å²) in [6.45, 7) is 0. The molecule has 0 aromatic heterocycles. The van der Waals surface area contributed by atoms with Gasteiger partial charge in [0.1, 0.15) is 5.75 Å². The van der Waals surface area contributed by atoms with Crippen LogP contribution in [0.3, 0.4) is 0 Å². The quantitative estimate of drug-likeness (QED) is 0.492. The molecule has 0 unspecified atom stereocenters. The molecule has 1 aliphatic rings. The maximum absolute atomic E-state index is 13.9. The first-order chi connectivity index (χ1) is 13.2. The third-order valence-corrected chi connectivity index (χ3v) is 7.00. The van der Waals surface area contributed by atoms with Crippen LogP contribution in [0.15, 0.2) is 84.0 Å². The number of hydrogen-bond acceptors (Lipinski definition) is 4. The Bertz CT molecular complexity index is 973. The van der Waals surface area contributed by atoms with E-state index >= 15 is 0 Å². The van der Waals surface area contributed by atoms with E-state index in [0.717, 1.165) is 35.4 Å². The van der Waals surface area contributed by atoms with Crippen molar-refractivity contribution >= 4 is 23.7 Å². The van der Waals surface area contributed by atoms with Crippen molar-refractivity contribution in [2.45, 2.75) is 12.8 Å². The lowest BCUT2D eigenvalue weighted by atomic mass is 10.1. The number of benzene rings is 3. The van der Waals surface area contributed by atoms with E-state index in [9.17, 15) is 4.57 Å². The molecule has 27 heavy (non-hydrogen) atoms. The average molecular weight is 377 g/mol. The lowest BCUT2D eigenvalue weighted by molar-refractivity contribution is 0.348. The molecule has 0 aliphatic heterocycles. The zero-order chi connectivity index (χ0) is 18.7. The van der Waals surface area contributed by atoms with Crippen LogP contribution in [0.5, 0.6) is 5.75 Å². The second-order valence-corrected chi connectivity index (χ2v) is 8.63. The fourth-order valence-electron chi connectivity index (χ4n) is 3.36. The van der Waals surface area contributed by atoms with Crippen LogP contribution in [-0.2, 0) is 15.6 Å². The minimum absolute atomic E-state index is 0.629. The van der Waals surface area contributed by atoms with Gasteiger partial charge in [0.05, 0.1) is 23.4 Å². The van der Waals surface area contributed by atoms with E-state index in [1.165, 1.54) is 0 Å². The van der Waals surface area contributed by atoms with Crippen LogP contribution in [-0.4, -0.2) is 12.8 Å². The molecule has 0 N–H and O–H groups in total. The Morgan fingerprint density at radius 2 is 1.44 bits per heavy atom. The van der Waals surface area contributed by atoms with Gasteiger partial charge in [0, 0.05) is 11.1 Å². The Morgan fingerprint density at radius 1 is 0.815 bits per heavy atom. The van der Waals surface area contributed by atoms with Gasteiger partial charge in [-0.05, 0) is 43.2 Å². The van der Waals surface area contributed by atoms with Crippen molar-refractivity contribution in [2.24, 2.45) is 5.16 Å². The van der Waals surface area contributed by atoms with Gasteiger partial charge in [0.25, 0.3) is 0 Å². The largest absolute Gasteiger partial charge is 0.496 e. The summed E-state index contributed by atoms with van der Waals surface area (Å²) in [6, 6.07) is 24.4. The highest BCUT2D eigenvalue weighted by Gasteiger charge is 2.31. The second-order valence-electron chi connectivity index (χ2n) is 6.33. The van der Waals surface area contributed by atoms with Crippen molar-refractivity contribution in [1.29, 1.82) is 0 Å². The van der Waals surface area contributed by atoms with Crippen LogP contribution >= 0.6 is 7.37 Å². The fourth-order valence-corrected chi connectivity index (χ4v) is 5.19. The summed E-state index contributed by atoms with van der Waals surface area (Å²) in [5, 5.41) is 5.62. The van der Waals surface area contributed by atoms with Gasteiger partial charge >= 0.3 is 7.37 Å². The molecule has 0 saturated carbocycles. The summed E-state index contributed by atoms with van der Waals surface area (Å²) in [5.74, 6) is 0.854. The van der Waals surface area contributed by atoms with E-state index in [-0.39, 0.29) is 0 Å². The highest BCUT2D eigenvalue weighted by atomic mass is 31.2.